The highest BCUT2D eigenvalue weighted by molar-refractivity contribution is 5.84. The number of ether oxygens (including phenoxy) is 1. The fraction of sp³-hybridized carbons (Fsp3) is 0.458. The van der Waals surface area contributed by atoms with E-state index in [0.717, 1.165) is 43.6 Å². The Kier molecular flexibility index (Phi) is 6.87. The van der Waals surface area contributed by atoms with Crippen LogP contribution in [-0.2, 0) is 0 Å². The molecule has 30 heavy (non-hydrogen) atoms. The molecule has 3 rings (SSSR count). The molecule has 0 fully saturated rings. The van der Waals surface area contributed by atoms with E-state index < -0.39 is 5.63 Å². The normalized spacial score (nSPS) is 12.6. The molecule has 0 saturated heterocycles. The highest BCUT2D eigenvalue weighted by atomic mass is 16.5. The largest absolute Gasteiger partial charge is 0.507 e. The number of rotatable bonds is 9. The lowest BCUT2D eigenvalue weighted by Gasteiger charge is -2.20. The molecule has 1 unspecified atom stereocenters. The van der Waals surface area contributed by atoms with Gasteiger partial charge in [0.1, 0.15) is 17.1 Å². The Bertz CT molecular complexity index is 1060. The zero-order valence-corrected chi connectivity index (χ0v) is 18.4. The molecule has 0 amide bonds. The Labute approximate surface area is 177 Å². The average molecular weight is 414 g/mol. The summed E-state index contributed by atoms with van der Waals surface area (Å²) in [6, 6.07) is 7.45. The van der Waals surface area contributed by atoms with Gasteiger partial charge in [-0.05, 0) is 77.5 Å². The van der Waals surface area contributed by atoms with Crippen molar-refractivity contribution in [1.82, 2.24) is 4.90 Å². The van der Waals surface area contributed by atoms with Crippen LogP contribution >= 0.6 is 0 Å². The van der Waals surface area contributed by atoms with Crippen LogP contribution in [0.25, 0.3) is 22.5 Å². The fourth-order valence-corrected chi connectivity index (χ4v) is 3.61. The van der Waals surface area contributed by atoms with Crippen LogP contribution in [0.5, 0.6) is 11.5 Å². The first-order valence-corrected chi connectivity index (χ1v) is 10.6. The first-order valence-electron chi connectivity index (χ1n) is 10.6. The lowest BCUT2D eigenvalue weighted by atomic mass is 10.1. The Morgan fingerprint density at radius 3 is 2.53 bits per heavy atom. The summed E-state index contributed by atoms with van der Waals surface area (Å²) in [7, 11) is 0. The number of hydrogen-bond acceptors (Lipinski definition) is 6. The van der Waals surface area contributed by atoms with E-state index in [0.29, 0.717) is 16.9 Å². The minimum absolute atomic E-state index is 0.0655. The van der Waals surface area contributed by atoms with Crippen molar-refractivity contribution in [3.05, 3.63) is 45.8 Å². The summed E-state index contributed by atoms with van der Waals surface area (Å²) >= 11 is 0. The van der Waals surface area contributed by atoms with E-state index in [1.54, 1.807) is 13.0 Å². The standard InChI is InChI=1S/C24H31NO5/c1-6-25(7-2)12-8-9-15(3)28-19-10-11-20-18(13-19)14-21(29-20)23-16(4)22(26)17(5)24(27)30-23/h10-11,13-15,26H,6-9,12H2,1-5H3. The van der Waals surface area contributed by atoms with Crippen molar-refractivity contribution < 1.29 is 18.7 Å². The maximum atomic E-state index is 12.0. The molecule has 0 aliphatic rings. The van der Waals surface area contributed by atoms with Crippen LogP contribution in [0, 0.1) is 13.8 Å². The van der Waals surface area contributed by atoms with Gasteiger partial charge in [0, 0.05) is 10.9 Å². The predicted molar refractivity (Wildman–Crippen MR) is 118 cm³/mol. The van der Waals surface area contributed by atoms with Crippen molar-refractivity contribution in [2.24, 2.45) is 0 Å². The Balaban J connectivity index is 1.75. The second-order valence-electron chi connectivity index (χ2n) is 7.73. The third-order valence-corrected chi connectivity index (χ3v) is 5.58. The van der Waals surface area contributed by atoms with Gasteiger partial charge >= 0.3 is 5.63 Å². The van der Waals surface area contributed by atoms with Crippen LogP contribution in [0.1, 0.15) is 44.7 Å². The number of nitrogens with zero attached hydrogens (tertiary/aromatic N) is 1. The second kappa shape index (κ2) is 9.39. The Morgan fingerprint density at radius 2 is 1.83 bits per heavy atom. The molecule has 0 bridgehead atoms. The molecule has 0 saturated carbocycles. The summed E-state index contributed by atoms with van der Waals surface area (Å²) in [5.41, 5.74) is 0.757. The van der Waals surface area contributed by atoms with Gasteiger partial charge in [0.05, 0.1) is 11.7 Å². The first kappa shape index (κ1) is 22.0. The highest BCUT2D eigenvalue weighted by Crippen LogP contribution is 2.34. The summed E-state index contributed by atoms with van der Waals surface area (Å²) in [6.07, 6.45) is 2.19. The summed E-state index contributed by atoms with van der Waals surface area (Å²) < 4.78 is 17.3. The van der Waals surface area contributed by atoms with Gasteiger partial charge in [-0.3, -0.25) is 0 Å². The Morgan fingerprint density at radius 1 is 1.10 bits per heavy atom. The smallest absolute Gasteiger partial charge is 0.343 e. The molecular weight excluding hydrogens is 382 g/mol. The summed E-state index contributed by atoms with van der Waals surface area (Å²) in [6.45, 7) is 12.9. The molecule has 1 atom stereocenters. The van der Waals surface area contributed by atoms with Crippen LogP contribution in [-0.4, -0.2) is 35.7 Å². The van der Waals surface area contributed by atoms with Gasteiger partial charge < -0.3 is 23.6 Å². The van der Waals surface area contributed by atoms with Crippen molar-refractivity contribution in [3.63, 3.8) is 0 Å². The summed E-state index contributed by atoms with van der Waals surface area (Å²) in [5, 5.41) is 11.0. The van der Waals surface area contributed by atoms with E-state index in [2.05, 4.69) is 25.7 Å². The molecule has 2 aromatic heterocycles. The zero-order valence-electron chi connectivity index (χ0n) is 18.4. The summed E-state index contributed by atoms with van der Waals surface area (Å²) in [4.78, 5) is 14.4. The molecule has 0 aliphatic carbocycles. The monoisotopic (exact) mass is 413 g/mol. The predicted octanol–water partition coefficient (Wildman–Crippen LogP) is 5.26. The molecule has 6 nitrogen and oxygen atoms in total. The van der Waals surface area contributed by atoms with E-state index in [-0.39, 0.29) is 23.2 Å². The highest BCUT2D eigenvalue weighted by Gasteiger charge is 2.18. The van der Waals surface area contributed by atoms with Crippen molar-refractivity contribution in [2.45, 2.75) is 53.6 Å². The lowest BCUT2D eigenvalue weighted by molar-refractivity contribution is 0.196. The molecule has 3 aromatic rings. The first-order chi connectivity index (χ1) is 14.3. The topological polar surface area (TPSA) is 76.0 Å². The van der Waals surface area contributed by atoms with Gasteiger partial charge in [0.25, 0.3) is 0 Å². The minimum Gasteiger partial charge on any atom is -0.507 e. The van der Waals surface area contributed by atoms with Crippen LogP contribution < -0.4 is 10.4 Å². The average Bonchev–Trinajstić information content (AvgIpc) is 3.15. The number of hydrogen-bond donors (Lipinski definition) is 1. The number of benzene rings is 1. The quantitative estimate of drug-likeness (QED) is 0.515. The SMILES string of the molecule is CCN(CC)CCCC(C)Oc1ccc2oc(-c3oc(=O)c(C)c(O)c3C)cc2c1. The Hall–Kier alpha value is -2.73. The van der Waals surface area contributed by atoms with Crippen LogP contribution in [0.2, 0.25) is 0 Å². The molecule has 0 aliphatic heterocycles. The number of fused-ring (bicyclic) bond motifs is 1. The van der Waals surface area contributed by atoms with Gasteiger partial charge in [-0.25, -0.2) is 4.79 Å². The van der Waals surface area contributed by atoms with Gasteiger partial charge in [0.15, 0.2) is 11.5 Å². The third-order valence-electron chi connectivity index (χ3n) is 5.58. The van der Waals surface area contributed by atoms with Crippen molar-refractivity contribution >= 4 is 11.0 Å². The second-order valence-corrected chi connectivity index (χ2v) is 7.73. The zero-order chi connectivity index (χ0) is 21.8. The summed E-state index contributed by atoms with van der Waals surface area (Å²) in [5.74, 6) is 1.35. The van der Waals surface area contributed by atoms with Crippen molar-refractivity contribution in [1.29, 1.82) is 0 Å². The van der Waals surface area contributed by atoms with E-state index >= 15 is 0 Å². The number of furan rings is 1. The van der Waals surface area contributed by atoms with E-state index in [9.17, 15) is 9.90 Å². The fourth-order valence-electron chi connectivity index (χ4n) is 3.61. The number of aromatic hydroxyl groups is 1. The van der Waals surface area contributed by atoms with Crippen LogP contribution in [0.3, 0.4) is 0 Å². The van der Waals surface area contributed by atoms with E-state index in [4.69, 9.17) is 13.6 Å². The third kappa shape index (κ3) is 4.70. The van der Waals surface area contributed by atoms with Gasteiger partial charge in [-0.1, -0.05) is 13.8 Å². The molecule has 162 valence electrons. The van der Waals surface area contributed by atoms with Gasteiger partial charge in [0.2, 0.25) is 0 Å². The lowest BCUT2D eigenvalue weighted by Crippen LogP contribution is -2.25. The molecule has 1 N–H and O–H groups in total. The van der Waals surface area contributed by atoms with E-state index in [1.165, 1.54) is 6.92 Å². The molecule has 0 spiro atoms. The van der Waals surface area contributed by atoms with Crippen molar-refractivity contribution in [2.75, 3.05) is 19.6 Å². The van der Waals surface area contributed by atoms with Crippen molar-refractivity contribution in [3.8, 4) is 23.0 Å². The molecule has 2 heterocycles. The van der Waals surface area contributed by atoms with E-state index in [1.807, 2.05) is 18.2 Å². The molecular formula is C24H31NO5. The van der Waals surface area contributed by atoms with Gasteiger partial charge in [-0.15, -0.1) is 0 Å². The maximum Gasteiger partial charge on any atom is 0.343 e. The molecule has 0 radical (unpaired) electrons. The van der Waals surface area contributed by atoms with Gasteiger partial charge in [-0.2, -0.15) is 0 Å². The molecule has 6 heteroatoms. The van der Waals surface area contributed by atoms with Crippen LogP contribution in [0.4, 0.5) is 0 Å². The molecule has 1 aromatic carbocycles. The van der Waals surface area contributed by atoms with Crippen LogP contribution in [0.15, 0.2) is 37.9 Å². The minimum atomic E-state index is -0.573. The maximum absolute atomic E-state index is 12.0.